The van der Waals surface area contributed by atoms with Crippen LogP contribution < -0.4 is 9.62 Å². The summed E-state index contributed by atoms with van der Waals surface area (Å²) in [7, 11) is 1.32. The van der Waals surface area contributed by atoms with E-state index < -0.39 is 47.3 Å². The molecule has 1 aromatic carbocycles. The number of halogens is 4. The summed E-state index contributed by atoms with van der Waals surface area (Å²) < 4.78 is 69.2. The predicted octanol–water partition coefficient (Wildman–Crippen LogP) is 2.92. The molecule has 0 bridgehead atoms. The summed E-state index contributed by atoms with van der Waals surface area (Å²) >= 11 is -1.09. The SMILES string of the molecule is CN(CC(F)F)C(=O)N1CCN(c2cc([S+]([O-])NC3(C#N)CC3)cc3c2cnn3-c2nnc(C(F)F)s2)CC1. The van der Waals surface area contributed by atoms with E-state index in [4.69, 9.17) is 0 Å². The molecule has 2 aliphatic rings. The molecular formula is C22H23F4N9O2S2. The lowest BCUT2D eigenvalue weighted by Crippen LogP contribution is -2.52. The minimum atomic E-state index is -2.79. The van der Waals surface area contributed by atoms with Crippen LogP contribution in [0.1, 0.15) is 24.3 Å². The summed E-state index contributed by atoms with van der Waals surface area (Å²) in [5, 5.41) is 21.4. The molecule has 1 saturated heterocycles. The van der Waals surface area contributed by atoms with E-state index in [1.165, 1.54) is 16.6 Å². The maximum Gasteiger partial charge on any atom is 0.320 e. The largest absolute Gasteiger partial charge is 0.593 e. The van der Waals surface area contributed by atoms with Crippen molar-refractivity contribution in [2.24, 2.45) is 0 Å². The third-order valence-electron chi connectivity index (χ3n) is 6.53. The van der Waals surface area contributed by atoms with Gasteiger partial charge in [0.15, 0.2) is 9.90 Å². The number of nitriles is 1. The van der Waals surface area contributed by atoms with Crippen LogP contribution in [0.25, 0.3) is 16.0 Å². The van der Waals surface area contributed by atoms with Crippen LogP contribution in [0, 0.1) is 11.3 Å². The van der Waals surface area contributed by atoms with Crippen molar-refractivity contribution in [3.63, 3.8) is 0 Å². The molecule has 0 radical (unpaired) electrons. The van der Waals surface area contributed by atoms with Gasteiger partial charge in [-0.1, -0.05) is 11.3 Å². The minimum Gasteiger partial charge on any atom is -0.593 e. The van der Waals surface area contributed by atoms with Crippen LogP contribution in [-0.2, 0) is 11.4 Å². The Morgan fingerprint density at radius 2 is 1.97 bits per heavy atom. The topological polar surface area (TPSA) is 129 Å². The number of hydrogen-bond acceptors (Lipinski definition) is 9. The monoisotopic (exact) mass is 585 g/mol. The number of anilines is 1. The Kier molecular flexibility index (Phi) is 7.55. The van der Waals surface area contributed by atoms with Gasteiger partial charge in [-0.3, -0.25) is 0 Å². The fraction of sp³-hybridized carbons (Fsp3) is 0.500. The van der Waals surface area contributed by atoms with Crippen molar-refractivity contribution >= 4 is 45.3 Å². The zero-order valence-electron chi connectivity index (χ0n) is 20.6. The second-order valence-corrected chi connectivity index (χ2v) is 11.4. The van der Waals surface area contributed by atoms with Crippen molar-refractivity contribution < 1.29 is 26.9 Å². The molecule has 5 rings (SSSR count). The first-order valence-electron chi connectivity index (χ1n) is 11.9. The Balaban J connectivity index is 1.46. The highest BCUT2D eigenvalue weighted by atomic mass is 32.2. The van der Waals surface area contributed by atoms with Gasteiger partial charge in [0.1, 0.15) is 5.54 Å². The molecular weight excluding hydrogens is 562 g/mol. The number of aromatic nitrogens is 4. The van der Waals surface area contributed by atoms with Crippen molar-refractivity contribution in [1.29, 1.82) is 5.26 Å². The number of hydrogen-bond donors (Lipinski definition) is 1. The van der Waals surface area contributed by atoms with Gasteiger partial charge >= 0.3 is 6.03 Å². The molecule has 1 aliphatic carbocycles. The predicted molar refractivity (Wildman–Crippen MR) is 134 cm³/mol. The maximum absolute atomic E-state index is 13.3. The van der Waals surface area contributed by atoms with Crippen molar-refractivity contribution in [2.75, 3.05) is 44.7 Å². The van der Waals surface area contributed by atoms with E-state index in [-0.39, 0.29) is 18.2 Å². The lowest BCUT2D eigenvalue weighted by atomic mass is 10.1. The van der Waals surface area contributed by atoms with Crippen molar-refractivity contribution in [2.45, 2.75) is 36.1 Å². The number of amides is 2. The molecule has 1 aliphatic heterocycles. The first-order chi connectivity index (χ1) is 18.6. The molecule has 2 amide bonds. The second-order valence-electron chi connectivity index (χ2n) is 9.25. The van der Waals surface area contributed by atoms with E-state index >= 15 is 0 Å². The number of nitrogens with one attached hydrogen (secondary N) is 1. The van der Waals surface area contributed by atoms with Gasteiger partial charge in [0, 0.05) is 50.7 Å². The molecule has 2 fully saturated rings. The van der Waals surface area contributed by atoms with Gasteiger partial charge in [0.05, 0.1) is 41.4 Å². The summed E-state index contributed by atoms with van der Waals surface area (Å²) in [5.74, 6) is 0. The quantitative estimate of drug-likeness (QED) is 0.316. The van der Waals surface area contributed by atoms with E-state index in [9.17, 15) is 32.2 Å². The number of carbonyl (C=O) groups excluding carboxylic acids is 1. The molecule has 1 N–H and O–H groups in total. The van der Waals surface area contributed by atoms with Gasteiger partial charge in [0.25, 0.3) is 12.9 Å². The van der Waals surface area contributed by atoms with E-state index in [2.05, 4.69) is 26.1 Å². The molecule has 1 atom stereocenters. The molecule has 1 saturated carbocycles. The summed E-state index contributed by atoms with van der Waals surface area (Å²) in [4.78, 5) is 17.3. The van der Waals surface area contributed by atoms with Gasteiger partial charge in [-0.25, -0.2) is 27.0 Å². The molecule has 17 heteroatoms. The average molecular weight is 586 g/mol. The zero-order valence-corrected chi connectivity index (χ0v) is 22.2. The normalized spacial score (nSPS) is 17.6. The van der Waals surface area contributed by atoms with Gasteiger partial charge in [0.2, 0.25) is 5.13 Å². The first kappa shape index (κ1) is 27.4. The Morgan fingerprint density at radius 1 is 1.26 bits per heavy atom. The number of piperazine rings is 1. The molecule has 208 valence electrons. The van der Waals surface area contributed by atoms with Crippen LogP contribution in [0.3, 0.4) is 0 Å². The second kappa shape index (κ2) is 10.8. The Bertz CT molecular complexity index is 1400. The van der Waals surface area contributed by atoms with Gasteiger partial charge in [-0.2, -0.15) is 10.4 Å². The highest BCUT2D eigenvalue weighted by Crippen LogP contribution is 2.38. The summed E-state index contributed by atoms with van der Waals surface area (Å²) in [5.41, 5.74) is 0.228. The Hall–Kier alpha value is -3.20. The van der Waals surface area contributed by atoms with Crippen LogP contribution in [0.4, 0.5) is 28.0 Å². The van der Waals surface area contributed by atoms with Crippen LogP contribution in [0.15, 0.2) is 23.2 Å². The Morgan fingerprint density at radius 3 is 2.56 bits per heavy atom. The summed E-state index contributed by atoms with van der Waals surface area (Å²) in [6.45, 7) is 0.574. The van der Waals surface area contributed by atoms with Gasteiger partial charge < -0.3 is 19.3 Å². The standard InChI is InChI=1S/C22H23F4N9O2S2/c1-32(11-17(23)24)21(36)34-6-4-33(5-7-34)15-8-13(39(37)31-22(12-27)2-3-22)9-16-14(15)10-28-35(16)20-30-29-19(38-20)18(25)26/h8-10,17-18,31H,2-7,11H2,1H3. The first-order valence-corrected chi connectivity index (χ1v) is 13.8. The highest BCUT2D eigenvalue weighted by molar-refractivity contribution is 7.89. The molecule has 3 aromatic rings. The lowest BCUT2D eigenvalue weighted by Gasteiger charge is -2.38. The summed E-state index contributed by atoms with van der Waals surface area (Å²) in [6, 6.07) is 4.95. The van der Waals surface area contributed by atoms with Gasteiger partial charge in [-0.05, 0) is 12.8 Å². The fourth-order valence-corrected chi connectivity index (χ4v) is 6.10. The minimum absolute atomic E-state index is 0.107. The fourth-order valence-electron chi connectivity index (χ4n) is 4.27. The average Bonchev–Trinajstić information content (AvgIpc) is 3.30. The van der Waals surface area contributed by atoms with Crippen molar-refractivity contribution in [1.82, 2.24) is 34.5 Å². The summed E-state index contributed by atoms with van der Waals surface area (Å²) in [6.07, 6.45) is -2.75. The molecule has 0 spiro atoms. The number of carbonyl (C=O) groups is 1. The number of urea groups is 1. The van der Waals surface area contributed by atoms with Gasteiger partial charge in [-0.15, -0.1) is 14.9 Å². The Labute approximate surface area is 227 Å². The molecule has 2 aromatic heterocycles. The van der Waals surface area contributed by atoms with E-state index in [0.717, 1.165) is 4.90 Å². The smallest absolute Gasteiger partial charge is 0.320 e. The number of rotatable bonds is 8. The van der Waals surface area contributed by atoms with Crippen molar-refractivity contribution in [3.05, 3.63) is 23.3 Å². The van der Waals surface area contributed by atoms with Crippen LogP contribution in [-0.4, -0.2) is 92.1 Å². The lowest BCUT2D eigenvalue weighted by molar-refractivity contribution is 0.0941. The highest BCUT2D eigenvalue weighted by Gasteiger charge is 2.48. The number of nitrogens with zero attached hydrogens (tertiary/aromatic N) is 8. The van der Waals surface area contributed by atoms with Crippen LogP contribution in [0.5, 0.6) is 0 Å². The molecule has 3 heterocycles. The number of alkyl halides is 4. The van der Waals surface area contributed by atoms with Crippen LogP contribution >= 0.6 is 11.3 Å². The van der Waals surface area contributed by atoms with Crippen molar-refractivity contribution in [3.8, 4) is 11.2 Å². The maximum atomic E-state index is 13.3. The number of fused-ring (bicyclic) bond motifs is 1. The van der Waals surface area contributed by atoms with E-state index in [1.807, 2.05) is 4.90 Å². The van der Waals surface area contributed by atoms with E-state index in [0.29, 0.717) is 58.8 Å². The third kappa shape index (κ3) is 5.60. The third-order valence-corrected chi connectivity index (χ3v) is 8.68. The number of benzene rings is 1. The molecule has 1 unspecified atom stereocenters. The molecule has 39 heavy (non-hydrogen) atoms. The van der Waals surface area contributed by atoms with E-state index in [1.54, 1.807) is 18.3 Å². The molecule has 11 nitrogen and oxygen atoms in total. The zero-order chi connectivity index (χ0) is 27.9. The van der Waals surface area contributed by atoms with Crippen LogP contribution in [0.2, 0.25) is 0 Å².